The predicted octanol–water partition coefficient (Wildman–Crippen LogP) is 2.45. The van der Waals surface area contributed by atoms with Crippen LogP contribution in [0.4, 0.5) is 5.69 Å². The van der Waals surface area contributed by atoms with Crippen LogP contribution < -0.4 is 4.90 Å². The number of hydrogen-bond acceptors (Lipinski definition) is 4. The van der Waals surface area contributed by atoms with E-state index in [1.807, 2.05) is 13.0 Å². The Kier molecular flexibility index (Phi) is 3.45. The number of anilines is 1. The van der Waals surface area contributed by atoms with E-state index in [9.17, 15) is 8.42 Å². The van der Waals surface area contributed by atoms with E-state index in [2.05, 4.69) is 9.88 Å². The smallest absolute Gasteiger partial charge is 0.150 e. The number of pyridine rings is 1. The lowest BCUT2D eigenvalue weighted by Gasteiger charge is -2.41. The number of aryl methyl sites for hydroxylation is 1. The molecule has 20 heavy (non-hydrogen) atoms. The Morgan fingerprint density at radius 3 is 2.90 bits per heavy atom. The van der Waals surface area contributed by atoms with Crippen LogP contribution in [0.25, 0.3) is 0 Å². The Labute approximate surface area is 125 Å². The molecule has 0 N–H and O–H groups in total. The molecule has 1 spiro atoms. The highest BCUT2D eigenvalue weighted by atomic mass is 35.5. The Balaban J connectivity index is 1.88. The standard InChI is InChI=1S/C14H19ClN2O2S/c1-11-13(15)12(3-6-16-11)17-7-2-4-14(9-17)5-8-20(18,19)10-14/h3,6H,2,4-5,7-10H2,1H3. The minimum absolute atomic E-state index is 0.0718. The van der Waals surface area contributed by atoms with Crippen molar-refractivity contribution < 1.29 is 8.42 Å². The van der Waals surface area contributed by atoms with Gasteiger partial charge < -0.3 is 4.90 Å². The molecule has 0 amide bonds. The summed E-state index contributed by atoms with van der Waals surface area (Å²) in [6.45, 7) is 3.62. The first-order valence-electron chi connectivity index (χ1n) is 6.97. The number of halogens is 1. The Bertz CT molecular complexity index is 632. The van der Waals surface area contributed by atoms with Gasteiger partial charge in [0.1, 0.15) is 0 Å². The van der Waals surface area contributed by atoms with Crippen LogP contribution in [-0.4, -0.2) is 38.0 Å². The highest BCUT2D eigenvalue weighted by molar-refractivity contribution is 7.91. The molecule has 1 atom stereocenters. The van der Waals surface area contributed by atoms with Gasteiger partial charge in [-0.15, -0.1) is 0 Å². The van der Waals surface area contributed by atoms with Crippen LogP contribution in [-0.2, 0) is 9.84 Å². The fourth-order valence-electron chi connectivity index (χ4n) is 3.50. The molecule has 2 aliphatic rings. The molecule has 1 unspecified atom stereocenters. The first-order chi connectivity index (χ1) is 9.41. The lowest BCUT2D eigenvalue weighted by Crippen LogP contribution is -2.44. The molecule has 1 aromatic rings. The van der Waals surface area contributed by atoms with Gasteiger partial charge in [-0.3, -0.25) is 4.98 Å². The molecule has 0 aromatic carbocycles. The van der Waals surface area contributed by atoms with Crippen LogP contribution in [0.3, 0.4) is 0 Å². The van der Waals surface area contributed by atoms with Crippen molar-refractivity contribution in [3.8, 4) is 0 Å². The third-order valence-corrected chi connectivity index (χ3v) is 6.86. The number of sulfone groups is 1. The normalized spacial score (nSPS) is 29.0. The van der Waals surface area contributed by atoms with Gasteiger partial charge in [0.2, 0.25) is 0 Å². The Morgan fingerprint density at radius 1 is 1.40 bits per heavy atom. The van der Waals surface area contributed by atoms with Gasteiger partial charge in [-0.25, -0.2) is 8.42 Å². The summed E-state index contributed by atoms with van der Waals surface area (Å²) in [5.74, 6) is 0.669. The maximum absolute atomic E-state index is 11.8. The largest absolute Gasteiger partial charge is 0.370 e. The third kappa shape index (κ3) is 2.53. The van der Waals surface area contributed by atoms with Gasteiger partial charge in [-0.2, -0.15) is 0 Å². The average Bonchev–Trinajstić information content (AvgIpc) is 2.68. The molecule has 110 valence electrons. The highest BCUT2D eigenvalue weighted by Crippen LogP contribution is 2.42. The Morgan fingerprint density at radius 2 is 2.20 bits per heavy atom. The number of aromatic nitrogens is 1. The molecule has 0 bridgehead atoms. The molecule has 1 aromatic heterocycles. The zero-order chi connectivity index (χ0) is 14.4. The van der Waals surface area contributed by atoms with Crippen molar-refractivity contribution in [1.29, 1.82) is 0 Å². The second-order valence-electron chi connectivity index (χ2n) is 6.10. The molecule has 2 saturated heterocycles. The van der Waals surface area contributed by atoms with Crippen molar-refractivity contribution in [3.05, 3.63) is 23.0 Å². The zero-order valence-electron chi connectivity index (χ0n) is 11.6. The molecular formula is C14H19ClN2O2S. The first kappa shape index (κ1) is 14.1. The van der Waals surface area contributed by atoms with Crippen LogP contribution in [0.1, 0.15) is 25.0 Å². The summed E-state index contributed by atoms with van der Waals surface area (Å²) in [7, 11) is -2.85. The molecule has 0 aliphatic carbocycles. The van der Waals surface area contributed by atoms with Gasteiger partial charge >= 0.3 is 0 Å². The second kappa shape index (κ2) is 4.88. The molecule has 3 rings (SSSR count). The summed E-state index contributed by atoms with van der Waals surface area (Å²) in [5.41, 5.74) is 1.74. The number of rotatable bonds is 1. The molecule has 4 nitrogen and oxygen atoms in total. The van der Waals surface area contributed by atoms with E-state index in [1.165, 1.54) is 0 Å². The summed E-state index contributed by atoms with van der Waals surface area (Å²) < 4.78 is 23.6. The van der Waals surface area contributed by atoms with Crippen molar-refractivity contribution in [2.24, 2.45) is 5.41 Å². The number of nitrogens with zero attached hydrogens (tertiary/aromatic N) is 2. The number of hydrogen-bond donors (Lipinski definition) is 0. The van der Waals surface area contributed by atoms with Gasteiger partial charge in [-0.1, -0.05) is 11.6 Å². The fourth-order valence-corrected chi connectivity index (χ4v) is 5.93. The van der Waals surface area contributed by atoms with Crippen LogP contribution in [0, 0.1) is 12.3 Å². The van der Waals surface area contributed by atoms with Crippen LogP contribution in [0.15, 0.2) is 12.3 Å². The summed E-state index contributed by atoms with van der Waals surface area (Å²) in [4.78, 5) is 6.43. The van der Waals surface area contributed by atoms with Crippen molar-refractivity contribution in [2.75, 3.05) is 29.5 Å². The number of piperidine rings is 1. The minimum atomic E-state index is -2.85. The SMILES string of the molecule is Cc1nccc(N2CCCC3(CCS(=O)(=O)C3)C2)c1Cl. The molecule has 0 saturated carbocycles. The first-order valence-corrected chi connectivity index (χ1v) is 9.17. The zero-order valence-corrected chi connectivity index (χ0v) is 13.2. The molecule has 0 radical (unpaired) electrons. The van der Waals surface area contributed by atoms with Crippen molar-refractivity contribution in [1.82, 2.24) is 4.98 Å². The summed E-state index contributed by atoms with van der Waals surface area (Å²) >= 11 is 6.36. The van der Waals surface area contributed by atoms with E-state index >= 15 is 0 Å². The summed E-state index contributed by atoms with van der Waals surface area (Å²) in [6, 6.07) is 1.93. The lowest BCUT2D eigenvalue weighted by molar-refractivity contribution is 0.270. The highest BCUT2D eigenvalue weighted by Gasteiger charge is 2.44. The van der Waals surface area contributed by atoms with Gasteiger partial charge in [0, 0.05) is 24.7 Å². The summed E-state index contributed by atoms with van der Waals surface area (Å²) in [6.07, 6.45) is 4.58. The van der Waals surface area contributed by atoms with E-state index in [1.54, 1.807) is 6.20 Å². The van der Waals surface area contributed by atoms with Crippen LogP contribution in [0.2, 0.25) is 5.02 Å². The van der Waals surface area contributed by atoms with E-state index in [0.717, 1.165) is 43.7 Å². The molecule has 2 fully saturated rings. The third-order valence-electron chi connectivity index (χ3n) is 4.51. The molecule has 3 heterocycles. The van der Waals surface area contributed by atoms with Gasteiger partial charge in [0.05, 0.1) is 27.9 Å². The minimum Gasteiger partial charge on any atom is -0.370 e. The fraction of sp³-hybridized carbons (Fsp3) is 0.643. The van der Waals surface area contributed by atoms with Crippen LogP contribution in [0.5, 0.6) is 0 Å². The van der Waals surface area contributed by atoms with Gasteiger partial charge in [-0.05, 0) is 32.3 Å². The quantitative estimate of drug-likeness (QED) is 0.799. The predicted molar refractivity (Wildman–Crippen MR) is 81.1 cm³/mol. The Hall–Kier alpha value is -0.810. The van der Waals surface area contributed by atoms with E-state index in [-0.39, 0.29) is 5.41 Å². The van der Waals surface area contributed by atoms with Gasteiger partial charge in [0.25, 0.3) is 0 Å². The lowest BCUT2D eigenvalue weighted by atomic mass is 9.79. The summed E-state index contributed by atoms with van der Waals surface area (Å²) in [5, 5.41) is 0.686. The molecular weight excluding hydrogens is 296 g/mol. The van der Waals surface area contributed by atoms with Crippen LogP contribution >= 0.6 is 11.6 Å². The molecule has 2 aliphatic heterocycles. The molecule has 6 heteroatoms. The maximum atomic E-state index is 11.8. The second-order valence-corrected chi connectivity index (χ2v) is 8.66. The van der Waals surface area contributed by atoms with Crippen molar-refractivity contribution in [3.63, 3.8) is 0 Å². The van der Waals surface area contributed by atoms with E-state index in [0.29, 0.717) is 16.5 Å². The maximum Gasteiger partial charge on any atom is 0.150 e. The van der Waals surface area contributed by atoms with Crippen molar-refractivity contribution >= 4 is 27.1 Å². The van der Waals surface area contributed by atoms with E-state index < -0.39 is 9.84 Å². The topological polar surface area (TPSA) is 50.3 Å². The van der Waals surface area contributed by atoms with Gasteiger partial charge in [0.15, 0.2) is 9.84 Å². The van der Waals surface area contributed by atoms with Crippen molar-refractivity contribution in [2.45, 2.75) is 26.2 Å². The average molecular weight is 315 g/mol. The van der Waals surface area contributed by atoms with E-state index in [4.69, 9.17) is 11.6 Å². The monoisotopic (exact) mass is 314 g/mol.